The summed E-state index contributed by atoms with van der Waals surface area (Å²) < 4.78 is 20.8. The fraction of sp³-hybridized carbons (Fsp3) is 0.696. The third-order valence-corrected chi connectivity index (χ3v) is 8.39. The Morgan fingerprint density at radius 2 is 0.875 bits per heavy atom. The highest BCUT2D eigenvalue weighted by Gasteiger charge is 2.30. The van der Waals surface area contributed by atoms with Gasteiger partial charge >= 0.3 is 36.3 Å². The number of Topliss-reactive ketones (excluding diaryl/α,β-unsaturated/α-hetero) is 2. The van der Waals surface area contributed by atoms with Crippen LogP contribution in [0.3, 0.4) is 0 Å². The maximum Gasteiger partial charge on any atom is 0.408 e. The maximum atomic E-state index is 13.1. The van der Waals surface area contributed by atoms with Gasteiger partial charge in [-0.25, -0.2) is 19.2 Å². The topological polar surface area (TPSA) is 262 Å². The molecule has 0 aliphatic carbocycles. The number of benzene rings is 1. The molecule has 4 amide bonds. The van der Waals surface area contributed by atoms with Crippen molar-refractivity contribution in [1.29, 1.82) is 0 Å². The van der Waals surface area contributed by atoms with Crippen LogP contribution in [0.1, 0.15) is 147 Å². The van der Waals surface area contributed by atoms with E-state index >= 15 is 0 Å². The van der Waals surface area contributed by atoms with Crippen LogP contribution < -0.4 is 21.3 Å². The molecule has 0 heterocycles. The number of carbonyl (C=O) groups is 8. The second kappa shape index (κ2) is 27.7. The Morgan fingerprint density at radius 3 is 1.22 bits per heavy atom. The van der Waals surface area contributed by atoms with Gasteiger partial charge in [0.2, 0.25) is 0 Å². The Morgan fingerprint density at radius 1 is 0.516 bits per heavy atom. The molecule has 0 aliphatic heterocycles. The number of unbranched alkanes of at least 4 members (excludes halogenated alkanes) is 2. The number of alkyl carbamates (subject to hydrolysis) is 4. The fourth-order valence-corrected chi connectivity index (χ4v) is 5.54. The highest BCUT2D eigenvalue weighted by atomic mass is 16.6. The summed E-state index contributed by atoms with van der Waals surface area (Å²) in [5, 5.41) is 29.1. The highest BCUT2D eigenvalue weighted by molar-refractivity contribution is 5.91. The molecule has 0 spiro atoms. The highest BCUT2D eigenvalue weighted by Crippen LogP contribution is 2.18. The SMILES string of the molecule is CC(C)(C)OC(=O)NCCCC[C@H](NC(=O)OC(C)(C)C)C(=O)C[C@@H](Cc1ccccc1)C(=O)O.C[C@H](CC(=O)[C@H](CCCCNC(=O)OC(C)(C)C)NC(=O)OC(C)(C)C)C(=O)O. The van der Waals surface area contributed by atoms with E-state index in [4.69, 9.17) is 24.1 Å². The predicted octanol–water partition coefficient (Wildman–Crippen LogP) is 7.73. The van der Waals surface area contributed by atoms with E-state index in [0.717, 1.165) is 5.56 Å². The monoisotopic (exact) mass is 909 g/mol. The molecule has 0 radical (unpaired) electrons. The number of ketones is 2. The van der Waals surface area contributed by atoms with Crippen molar-refractivity contribution in [2.45, 2.75) is 182 Å². The lowest BCUT2D eigenvalue weighted by Gasteiger charge is -2.24. The number of hydrogen-bond acceptors (Lipinski definition) is 12. The van der Waals surface area contributed by atoms with E-state index in [1.54, 1.807) is 83.1 Å². The van der Waals surface area contributed by atoms with Gasteiger partial charge < -0.3 is 50.4 Å². The average Bonchev–Trinajstić information content (AvgIpc) is 3.10. The Labute approximate surface area is 379 Å². The number of aliphatic carboxylic acids is 2. The summed E-state index contributed by atoms with van der Waals surface area (Å²) in [5.41, 5.74) is -1.83. The Balaban J connectivity index is 0.00000126. The molecule has 0 saturated carbocycles. The van der Waals surface area contributed by atoms with Crippen molar-refractivity contribution in [3.05, 3.63) is 35.9 Å². The molecule has 6 N–H and O–H groups in total. The van der Waals surface area contributed by atoms with Crippen LogP contribution >= 0.6 is 0 Å². The molecule has 0 bridgehead atoms. The zero-order chi connectivity index (χ0) is 49.5. The minimum Gasteiger partial charge on any atom is -0.481 e. The molecule has 18 nitrogen and oxygen atoms in total. The number of carboxylic acids is 2. The number of rotatable bonds is 22. The first-order valence-corrected chi connectivity index (χ1v) is 21.7. The number of amides is 4. The molecule has 0 aromatic heterocycles. The summed E-state index contributed by atoms with van der Waals surface area (Å²) in [4.78, 5) is 96.1. The molecule has 1 aromatic carbocycles. The first-order chi connectivity index (χ1) is 29.3. The molecule has 18 heteroatoms. The van der Waals surface area contributed by atoms with E-state index < -0.39 is 82.6 Å². The van der Waals surface area contributed by atoms with Gasteiger partial charge in [0, 0.05) is 25.9 Å². The zero-order valence-corrected chi connectivity index (χ0v) is 40.3. The number of carboxylic acid groups (broad SMARTS) is 2. The van der Waals surface area contributed by atoms with E-state index in [1.807, 2.05) is 30.3 Å². The van der Waals surface area contributed by atoms with Gasteiger partial charge in [-0.3, -0.25) is 19.2 Å². The smallest absolute Gasteiger partial charge is 0.408 e. The van der Waals surface area contributed by atoms with Crippen molar-refractivity contribution in [1.82, 2.24) is 21.3 Å². The lowest BCUT2D eigenvalue weighted by atomic mass is 9.91. The molecule has 0 aliphatic rings. The van der Waals surface area contributed by atoms with E-state index in [9.17, 15) is 43.5 Å². The van der Waals surface area contributed by atoms with Crippen LogP contribution in [-0.2, 0) is 44.5 Å². The van der Waals surface area contributed by atoms with Crippen LogP contribution in [-0.4, -0.2) is 106 Å². The minimum absolute atomic E-state index is 0.189. The van der Waals surface area contributed by atoms with Gasteiger partial charge in [-0.15, -0.1) is 0 Å². The van der Waals surface area contributed by atoms with Gasteiger partial charge in [0.1, 0.15) is 22.4 Å². The maximum absolute atomic E-state index is 13.1. The molecular formula is C46H76N4O14. The van der Waals surface area contributed by atoms with Gasteiger partial charge in [-0.1, -0.05) is 37.3 Å². The number of nitrogens with one attached hydrogen (secondary N) is 4. The summed E-state index contributed by atoms with van der Waals surface area (Å²) in [6, 6.07) is 7.34. The summed E-state index contributed by atoms with van der Waals surface area (Å²) in [6.45, 7) is 23.0. The van der Waals surface area contributed by atoms with Crippen LogP contribution in [0, 0.1) is 11.8 Å². The first-order valence-electron chi connectivity index (χ1n) is 21.7. The molecule has 364 valence electrons. The van der Waals surface area contributed by atoms with Crippen LogP contribution in [0.25, 0.3) is 0 Å². The molecule has 0 fully saturated rings. The minimum atomic E-state index is -1.07. The third kappa shape index (κ3) is 31.4. The molecule has 64 heavy (non-hydrogen) atoms. The van der Waals surface area contributed by atoms with Crippen LogP contribution in [0.15, 0.2) is 30.3 Å². The van der Waals surface area contributed by atoms with Crippen LogP contribution in [0.4, 0.5) is 19.2 Å². The van der Waals surface area contributed by atoms with Gasteiger partial charge in [-0.05, 0) is 134 Å². The van der Waals surface area contributed by atoms with Crippen molar-refractivity contribution >= 4 is 47.9 Å². The molecule has 0 saturated heterocycles. The Hall–Kier alpha value is -5.42. The molecule has 4 atom stereocenters. The molecule has 1 aromatic rings. The largest absolute Gasteiger partial charge is 0.481 e. The quantitative estimate of drug-likeness (QED) is 0.0481. The van der Waals surface area contributed by atoms with E-state index in [0.29, 0.717) is 45.2 Å². The number of ether oxygens (including phenoxy) is 4. The van der Waals surface area contributed by atoms with Crippen LogP contribution in [0.2, 0.25) is 0 Å². The van der Waals surface area contributed by atoms with E-state index in [-0.39, 0.29) is 37.2 Å². The van der Waals surface area contributed by atoms with Gasteiger partial charge in [-0.2, -0.15) is 0 Å². The first kappa shape index (κ1) is 58.6. The second-order valence-electron chi connectivity index (χ2n) is 19.6. The number of hydrogen-bond donors (Lipinski definition) is 6. The standard InChI is InChI=1S/C26H40N2O7.C20H36N2O7/c1-25(2,3)34-23(32)27-15-11-10-14-20(28-24(33)35-26(4,5)6)21(29)17-19(22(30)31)16-18-12-8-7-9-13-18;1-13(16(24)25)12-15(23)14(22-18(27)29-20(5,6)7)10-8-9-11-21-17(26)28-19(2,3)4/h7-9,12-13,19-20H,10-11,14-17H2,1-6H3,(H,27,32)(H,28,33)(H,30,31);13-14H,8-12H2,1-7H3,(H,21,26)(H,22,27)(H,24,25)/t19-,20+;13-,14+/m11/s1. The normalized spacial score (nSPS) is 13.5. The van der Waals surface area contributed by atoms with Gasteiger partial charge in [0.05, 0.1) is 23.9 Å². The van der Waals surface area contributed by atoms with Crippen molar-refractivity contribution in [2.75, 3.05) is 13.1 Å². The third-order valence-electron chi connectivity index (χ3n) is 8.39. The molecular weight excluding hydrogens is 833 g/mol. The van der Waals surface area contributed by atoms with Gasteiger partial charge in [0.15, 0.2) is 11.6 Å². The van der Waals surface area contributed by atoms with Crippen molar-refractivity contribution < 1.29 is 67.5 Å². The molecule has 1 rings (SSSR count). The van der Waals surface area contributed by atoms with Crippen LogP contribution in [0.5, 0.6) is 0 Å². The Bertz CT molecular complexity index is 1660. The predicted molar refractivity (Wildman–Crippen MR) is 240 cm³/mol. The molecule has 0 unspecified atom stereocenters. The van der Waals surface area contributed by atoms with E-state index in [2.05, 4.69) is 21.3 Å². The summed E-state index contributed by atoms with van der Waals surface area (Å²) in [7, 11) is 0. The number of carbonyl (C=O) groups excluding carboxylic acids is 6. The van der Waals surface area contributed by atoms with E-state index in [1.165, 1.54) is 6.92 Å². The van der Waals surface area contributed by atoms with Crippen molar-refractivity contribution in [3.63, 3.8) is 0 Å². The zero-order valence-electron chi connectivity index (χ0n) is 40.3. The second-order valence-corrected chi connectivity index (χ2v) is 19.6. The summed E-state index contributed by atoms with van der Waals surface area (Å²) >= 11 is 0. The summed E-state index contributed by atoms with van der Waals surface area (Å²) in [6.07, 6.45) is 0.0264. The average molecular weight is 909 g/mol. The fourth-order valence-electron chi connectivity index (χ4n) is 5.54. The van der Waals surface area contributed by atoms with Crippen molar-refractivity contribution in [2.24, 2.45) is 11.8 Å². The summed E-state index contributed by atoms with van der Waals surface area (Å²) in [5.74, 6) is -4.65. The Kier molecular flexibility index (Phi) is 25.4. The van der Waals surface area contributed by atoms with Crippen molar-refractivity contribution in [3.8, 4) is 0 Å². The lowest BCUT2D eigenvalue weighted by Crippen LogP contribution is -2.44. The van der Waals surface area contributed by atoms with Gasteiger partial charge in [0.25, 0.3) is 0 Å². The lowest BCUT2D eigenvalue weighted by molar-refractivity contribution is -0.144.